The number of carbonyl (C=O) groups excluding carboxylic acids is 2. The van der Waals surface area contributed by atoms with Gasteiger partial charge in [-0.15, -0.1) is 23.5 Å². The van der Waals surface area contributed by atoms with Gasteiger partial charge >= 0.3 is 11.9 Å². The number of ether oxygens (including phenoxy) is 2. The summed E-state index contributed by atoms with van der Waals surface area (Å²) in [5.74, 6) is 1.73. The summed E-state index contributed by atoms with van der Waals surface area (Å²) >= 11 is 3.02. The van der Waals surface area contributed by atoms with E-state index in [4.69, 9.17) is 9.47 Å². The fourth-order valence-corrected chi connectivity index (χ4v) is 7.20. The lowest BCUT2D eigenvalue weighted by molar-refractivity contribution is -0.141. The first kappa shape index (κ1) is 43.7. The smallest absolute Gasteiger partial charge is 0.315 e. The maximum Gasteiger partial charge on any atom is 0.315 e. The van der Waals surface area contributed by atoms with Gasteiger partial charge in [0.2, 0.25) is 0 Å². The van der Waals surface area contributed by atoms with E-state index in [1.54, 1.807) is 11.8 Å². The fourth-order valence-electron chi connectivity index (χ4n) is 5.66. The monoisotopic (exact) mass is 694 g/mol. The number of hydrogen-bond donors (Lipinski definition) is 1. The van der Waals surface area contributed by atoms with Gasteiger partial charge in [-0.1, -0.05) is 162 Å². The minimum Gasteiger partial charge on any atom is -0.507 e. The van der Waals surface area contributed by atoms with Gasteiger partial charge in [-0.05, 0) is 29.4 Å². The lowest BCUT2D eigenvalue weighted by Gasteiger charge is -2.23. The summed E-state index contributed by atoms with van der Waals surface area (Å²) < 4.78 is 10.9. The zero-order valence-corrected chi connectivity index (χ0v) is 32.6. The zero-order valence-electron chi connectivity index (χ0n) is 30.9. The number of esters is 2. The summed E-state index contributed by atoms with van der Waals surface area (Å²) in [4.78, 5) is 24.6. The Balaban J connectivity index is 2.32. The molecule has 1 aromatic rings. The van der Waals surface area contributed by atoms with Gasteiger partial charge in [0.05, 0.1) is 24.7 Å². The average Bonchev–Trinajstić information content (AvgIpc) is 3.03. The molecular formula is C40H70O5S2. The highest BCUT2D eigenvalue weighted by Gasteiger charge is 2.22. The van der Waals surface area contributed by atoms with E-state index in [-0.39, 0.29) is 23.1 Å². The first-order chi connectivity index (χ1) is 22.7. The third-order valence-electron chi connectivity index (χ3n) is 8.54. The molecule has 1 N–H and O–H groups in total. The molecule has 0 radical (unpaired) electrons. The number of phenols is 1. The van der Waals surface area contributed by atoms with Crippen molar-refractivity contribution in [3.63, 3.8) is 0 Å². The first-order valence-electron chi connectivity index (χ1n) is 19.0. The molecule has 0 fully saturated rings. The van der Waals surface area contributed by atoms with E-state index >= 15 is 0 Å². The van der Waals surface area contributed by atoms with Crippen molar-refractivity contribution in [2.24, 2.45) is 0 Å². The molecule has 0 unspecified atom stereocenters. The van der Waals surface area contributed by atoms with Crippen molar-refractivity contribution in [2.45, 2.75) is 180 Å². The van der Waals surface area contributed by atoms with Crippen molar-refractivity contribution in [3.05, 3.63) is 28.8 Å². The van der Waals surface area contributed by atoms with Gasteiger partial charge in [0.25, 0.3) is 0 Å². The summed E-state index contributed by atoms with van der Waals surface area (Å²) in [6.45, 7) is 11.8. The molecule has 1 aromatic carbocycles. The Morgan fingerprint density at radius 3 is 1.38 bits per heavy atom. The highest BCUT2D eigenvalue weighted by Crippen LogP contribution is 2.37. The Morgan fingerprint density at radius 1 is 0.596 bits per heavy atom. The van der Waals surface area contributed by atoms with Crippen LogP contribution in [-0.2, 0) is 36.0 Å². The van der Waals surface area contributed by atoms with Crippen LogP contribution >= 0.6 is 23.5 Å². The summed E-state index contributed by atoms with van der Waals surface area (Å²) in [5, 5.41) is 11.1. The van der Waals surface area contributed by atoms with Gasteiger partial charge in [0, 0.05) is 17.1 Å². The third-order valence-corrected chi connectivity index (χ3v) is 10.5. The number of hydrogen-bond acceptors (Lipinski definition) is 7. The molecule has 0 saturated heterocycles. The van der Waals surface area contributed by atoms with Crippen LogP contribution in [0.3, 0.4) is 0 Å². The molecule has 272 valence electrons. The summed E-state index contributed by atoms with van der Waals surface area (Å²) in [7, 11) is 0. The molecule has 47 heavy (non-hydrogen) atoms. The van der Waals surface area contributed by atoms with Crippen molar-refractivity contribution in [1.29, 1.82) is 0 Å². The molecule has 0 aliphatic rings. The van der Waals surface area contributed by atoms with Crippen molar-refractivity contribution in [3.8, 4) is 5.75 Å². The second-order valence-electron chi connectivity index (χ2n) is 14.2. The van der Waals surface area contributed by atoms with E-state index in [1.807, 2.05) is 12.1 Å². The minimum absolute atomic E-state index is 0.159. The van der Waals surface area contributed by atoms with Crippen LogP contribution in [-0.4, -0.2) is 41.8 Å². The van der Waals surface area contributed by atoms with E-state index in [9.17, 15) is 14.7 Å². The molecular weight excluding hydrogens is 625 g/mol. The van der Waals surface area contributed by atoms with Crippen LogP contribution in [0.15, 0.2) is 12.1 Å². The van der Waals surface area contributed by atoms with Gasteiger partial charge in [-0.2, -0.15) is 0 Å². The van der Waals surface area contributed by atoms with Crippen LogP contribution in [0, 0.1) is 0 Å². The maximum atomic E-state index is 12.3. The van der Waals surface area contributed by atoms with Crippen LogP contribution in [0.4, 0.5) is 0 Å². The van der Waals surface area contributed by atoms with E-state index in [0.717, 1.165) is 42.4 Å². The van der Waals surface area contributed by atoms with E-state index in [2.05, 4.69) is 34.6 Å². The van der Waals surface area contributed by atoms with E-state index in [1.165, 1.54) is 114 Å². The zero-order chi connectivity index (χ0) is 34.6. The molecule has 0 aliphatic heterocycles. The molecule has 0 aliphatic carbocycles. The van der Waals surface area contributed by atoms with Gasteiger partial charge in [0.15, 0.2) is 0 Å². The Kier molecular flexibility index (Phi) is 26.5. The maximum absolute atomic E-state index is 12.3. The standard InChI is InChI=1S/C40H70O5S2/c1-6-8-10-12-14-16-18-20-22-24-26-44-37(41)32-46-30-34-28-35(39(43)36(29-34)40(3,4)5)31-47-33-38(42)45-27-25-23-21-19-17-15-13-11-9-7-2/h28-29,43H,6-27,30-33H2,1-5H3. The van der Waals surface area contributed by atoms with Crippen molar-refractivity contribution in [2.75, 3.05) is 24.7 Å². The first-order valence-corrected chi connectivity index (χ1v) is 21.3. The molecule has 0 bridgehead atoms. The van der Waals surface area contributed by atoms with Crippen molar-refractivity contribution >= 4 is 35.5 Å². The molecule has 0 amide bonds. The molecule has 7 heteroatoms. The fraction of sp³-hybridized carbons (Fsp3) is 0.800. The number of benzene rings is 1. The lowest BCUT2D eigenvalue weighted by Crippen LogP contribution is -2.13. The van der Waals surface area contributed by atoms with Crippen LogP contribution < -0.4 is 0 Å². The summed E-state index contributed by atoms with van der Waals surface area (Å²) in [6.07, 6.45) is 25.2. The molecule has 0 atom stereocenters. The van der Waals surface area contributed by atoms with Crippen LogP contribution in [0.2, 0.25) is 0 Å². The molecule has 0 aromatic heterocycles. The Bertz CT molecular complexity index is 943. The van der Waals surface area contributed by atoms with Gasteiger partial charge < -0.3 is 14.6 Å². The van der Waals surface area contributed by atoms with Gasteiger partial charge in [0.1, 0.15) is 5.75 Å². The molecule has 0 heterocycles. The van der Waals surface area contributed by atoms with Crippen molar-refractivity contribution in [1.82, 2.24) is 0 Å². The Morgan fingerprint density at radius 2 is 0.979 bits per heavy atom. The number of rotatable bonds is 30. The lowest BCUT2D eigenvalue weighted by atomic mass is 9.84. The number of thioether (sulfide) groups is 2. The number of aromatic hydroxyl groups is 1. The van der Waals surface area contributed by atoms with E-state index < -0.39 is 0 Å². The Hall–Kier alpha value is -1.34. The number of phenolic OH excluding ortho intramolecular Hbond substituents is 1. The SMILES string of the molecule is CCCCCCCCCCCCOC(=O)CSCc1cc(CSCC(=O)OCCCCCCCCCCCC)c(O)c(C(C)(C)C)c1. The van der Waals surface area contributed by atoms with Gasteiger partial charge in [-0.3, -0.25) is 9.59 Å². The van der Waals surface area contributed by atoms with Gasteiger partial charge in [-0.25, -0.2) is 0 Å². The highest BCUT2D eigenvalue weighted by molar-refractivity contribution is 7.99. The normalized spacial score (nSPS) is 11.6. The van der Waals surface area contributed by atoms with Crippen molar-refractivity contribution < 1.29 is 24.2 Å². The average molecular weight is 695 g/mol. The largest absolute Gasteiger partial charge is 0.507 e. The topological polar surface area (TPSA) is 72.8 Å². The number of unbranched alkanes of at least 4 members (excludes halogenated alkanes) is 18. The predicted octanol–water partition coefficient (Wildman–Crippen LogP) is 12.1. The molecule has 0 saturated carbocycles. The summed E-state index contributed by atoms with van der Waals surface area (Å²) in [6, 6.07) is 4.06. The van der Waals surface area contributed by atoms with E-state index in [0.29, 0.717) is 36.2 Å². The third kappa shape index (κ3) is 23.6. The Labute approximate surface area is 297 Å². The highest BCUT2D eigenvalue weighted by atomic mass is 32.2. The second-order valence-corrected chi connectivity index (χ2v) is 16.2. The number of carbonyl (C=O) groups is 2. The van der Waals surface area contributed by atoms with Crippen LogP contribution in [0.1, 0.15) is 180 Å². The second kappa shape index (κ2) is 28.5. The summed E-state index contributed by atoms with van der Waals surface area (Å²) in [5.41, 5.74) is 2.55. The van der Waals surface area contributed by atoms with Crippen LogP contribution in [0.5, 0.6) is 5.75 Å². The quantitative estimate of drug-likeness (QED) is 0.0634. The molecule has 5 nitrogen and oxygen atoms in total. The van der Waals surface area contributed by atoms with Crippen LogP contribution in [0.25, 0.3) is 0 Å². The minimum atomic E-state index is -0.230. The molecule has 1 rings (SSSR count). The predicted molar refractivity (Wildman–Crippen MR) is 205 cm³/mol. The molecule has 0 spiro atoms.